The van der Waals surface area contributed by atoms with Crippen molar-refractivity contribution in [3.05, 3.63) is 270 Å². The average Bonchev–Trinajstić information content (AvgIpc) is 4.11. The maximum absolute atomic E-state index is 7.08. The highest BCUT2D eigenvalue weighted by Crippen LogP contribution is 2.67. The monoisotopic (exact) mass is 871 g/mol. The van der Waals surface area contributed by atoms with Crippen LogP contribution in [0.3, 0.4) is 0 Å². The molecule has 1 spiro atoms. The predicted octanol–water partition coefficient (Wildman–Crippen LogP) is 16.8. The molecule has 68 heavy (non-hydrogen) atoms. The van der Waals surface area contributed by atoms with E-state index in [1.54, 1.807) is 0 Å². The topological polar surface area (TPSA) is 24.6 Å². The Balaban J connectivity index is 1.03. The van der Waals surface area contributed by atoms with E-state index < -0.39 is 5.41 Å². The number of hydrogen-bond donors (Lipinski definition) is 0. The maximum Gasteiger partial charge on any atom is 0.140 e. The van der Waals surface area contributed by atoms with Gasteiger partial charge in [0.15, 0.2) is 0 Å². The standard InChI is InChI=1S/C64H45N3O/c1-42-38-53-49-28-14-17-31-55(49)64(57(53)41-60(42)66(44-22-8-3-9-23-44)45-24-10-4-11-25-45)56-40-48(34-36-51(56)63-62(64)52-30-16-19-33-61(52)68-63)65(43-20-6-2-7-21-43)47-35-37-59-54(39-47)50-29-15-18-32-58(50)67(59)46-26-12-5-13-27-46/h2-37,39-42H,38H2,1H3. The fourth-order valence-electron chi connectivity index (χ4n) is 12.1. The van der Waals surface area contributed by atoms with Gasteiger partial charge in [0.05, 0.1) is 16.4 Å². The molecule has 3 aliphatic carbocycles. The van der Waals surface area contributed by atoms with E-state index in [1.165, 1.54) is 60.9 Å². The molecule has 0 aliphatic heterocycles. The van der Waals surface area contributed by atoms with E-state index in [2.05, 4.69) is 258 Å². The number of nitrogens with zero attached hydrogens (tertiary/aromatic N) is 3. The molecule has 14 rings (SSSR count). The number of para-hydroxylation sites is 6. The third kappa shape index (κ3) is 5.49. The normalized spacial score (nSPS) is 16.8. The smallest absolute Gasteiger partial charge is 0.140 e. The Kier molecular flexibility index (Phi) is 8.50. The van der Waals surface area contributed by atoms with Crippen molar-refractivity contribution >= 4 is 66.8 Å². The van der Waals surface area contributed by atoms with Crippen LogP contribution in [0.4, 0.5) is 28.4 Å². The fourth-order valence-corrected chi connectivity index (χ4v) is 12.1. The Labute approximate surface area is 395 Å². The van der Waals surface area contributed by atoms with Gasteiger partial charge in [-0.3, -0.25) is 0 Å². The molecule has 2 atom stereocenters. The van der Waals surface area contributed by atoms with Gasteiger partial charge in [-0.1, -0.05) is 140 Å². The first-order valence-corrected chi connectivity index (χ1v) is 23.7. The van der Waals surface area contributed by atoms with Crippen molar-refractivity contribution in [2.75, 3.05) is 9.80 Å². The molecular weight excluding hydrogens is 827 g/mol. The first kappa shape index (κ1) is 38.6. The minimum absolute atomic E-state index is 0.237. The first-order valence-electron chi connectivity index (χ1n) is 23.7. The molecule has 4 heteroatoms. The number of allylic oxidation sites excluding steroid dienone is 4. The highest BCUT2D eigenvalue weighted by molar-refractivity contribution is 6.11. The zero-order chi connectivity index (χ0) is 44.9. The molecule has 3 aliphatic rings. The lowest BCUT2D eigenvalue weighted by molar-refractivity contribution is 0.627. The maximum atomic E-state index is 7.08. The summed E-state index contributed by atoms with van der Waals surface area (Å²) in [4.78, 5) is 4.92. The first-order chi connectivity index (χ1) is 33.7. The van der Waals surface area contributed by atoms with Crippen LogP contribution in [0.5, 0.6) is 0 Å². The number of aromatic nitrogens is 1. The summed E-state index contributed by atoms with van der Waals surface area (Å²) in [5, 5.41) is 3.59. The van der Waals surface area contributed by atoms with E-state index >= 15 is 0 Å². The molecule has 2 aromatic heterocycles. The molecule has 0 saturated heterocycles. The van der Waals surface area contributed by atoms with Crippen LogP contribution in [0, 0.1) is 5.92 Å². The molecule has 0 amide bonds. The lowest BCUT2D eigenvalue weighted by Crippen LogP contribution is -2.30. The summed E-state index contributed by atoms with van der Waals surface area (Å²) in [6.07, 6.45) is 3.46. The van der Waals surface area contributed by atoms with Gasteiger partial charge in [0.1, 0.15) is 11.3 Å². The quantitative estimate of drug-likeness (QED) is 0.159. The van der Waals surface area contributed by atoms with Crippen molar-refractivity contribution in [1.29, 1.82) is 0 Å². The van der Waals surface area contributed by atoms with E-state index in [9.17, 15) is 0 Å². The van der Waals surface area contributed by atoms with Crippen LogP contribution >= 0.6 is 0 Å². The second-order valence-corrected chi connectivity index (χ2v) is 18.5. The largest absolute Gasteiger partial charge is 0.456 e. The zero-order valence-corrected chi connectivity index (χ0v) is 37.6. The number of benzene rings is 9. The molecule has 11 aromatic rings. The lowest BCUT2D eigenvalue weighted by Gasteiger charge is -2.37. The summed E-state index contributed by atoms with van der Waals surface area (Å²) >= 11 is 0. The Morgan fingerprint density at radius 2 is 1.04 bits per heavy atom. The summed E-state index contributed by atoms with van der Waals surface area (Å²) in [6.45, 7) is 2.40. The Bertz CT molecular complexity index is 3810. The van der Waals surface area contributed by atoms with Gasteiger partial charge in [-0.05, 0) is 137 Å². The summed E-state index contributed by atoms with van der Waals surface area (Å²) in [5.41, 5.74) is 19.6. The van der Waals surface area contributed by atoms with Crippen molar-refractivity contribution in [1.82, 2.24) is 4.57 Å². The van der Waals surface area contributed by atoms with Gasteiger partial charge < -0.3 is 18.8 Å². The minimum atomic E-state index is -0.654. The molecule has 9 aromatic carbocycles. The molecule has 0 bridgehead atoms. The highest BCUT2D eigenvalue weighted by atomic mass is 16.3. The Morgan fingerprint density at radius 3 is 1.78 bits per heavy atom. The SMILES string of the molecule is CC1CC2=C(C=C1N(c1ccccc1)c1ccccc1)C1(c3ccccc32)c2cc(N(c3ccccc3)c3ccc4c(c3)c3ccccc3n4-c3ccccc3)ccc2-c2oc3ccccc3c21. The number of anilines is 5. The van der Waals surface area contributed by atoms with Crippen molar-refractivity contribution in [3.63, 3.8) is 0 Å². The van der Waals surface area contributed by atoms with Gasteiger partial charge in [-0.15, -0.1) is 0 Å². The number of fused-ring (bicyclic) bond motifs is 14. The van der Waals surface area contributed by atoms with E-state index in [1.807, 2.05) is 0 Å². The van der Waals surface area contributed by atoms with E-state index in [4.69, 9.17) is 4.42 Å². The number of rotatable bonds is 7. The van der Waals surface area contributed by atoms with Crippen molar-refractivity contribution < 1.29 is 4.42 Å². The number of furan rings is 1. The van der Waals surface area contributed by atoms with Crippen LogP contribution in [0.15, 0.2) is 252 Å². The number of hydrogen-bond acceptors (Lipinski definition) is 3. The Morgan fingerprint density at radius 1 is 0.471 bits per heavy atom. The molecule has 322 valence electrons. The summed E-state index contributed by atoms with van der Waals surface area (Å²) in [6, 6.07) is 84.0. The zero-order valence-electron chi connectivity index (χ0n) is 37.6. The van der Waals surface area contributed by atoms with E-state index in [0.717, 1.165) is 62.8 Å². The van der Waals surface area contributed by atoms with Crippen molar-refractivity contribution in [2.24, 2.45) is 5.92 Å². The molecule has 2 unspecified atom stereocenters. The molecule has 0 fully saturated rings. The predicted molar refractivity (Wildman–Crippen MR) is 281 cm³/mol. The highest BCUT2D eigenvalue weighted by Gasteiger charge is 2.56. The van der Waals surface area contributed by atoms with E-state index in [0.29, 0.717) is 0 Å². The second kappa shape index (κ2) is 15.0. The fraction of sp³-hybridized carbons (Fsp3) is 0.0625. The molecular formula is C64H45N3O. The van der Waals surface area contributed by atoms with Crippen LogP contribution in [0.25, 0.3) is 55.4 Å². The van der Waals surface area contributed by atoms with Gasteiger partial charge in [0.2, 0.25) is 0 Å². The minimum Gasteiger partial charge on any atom is -0.456 e. The molecule has 0 N–H and O–H groups in total. The summed E-state index contributed by atoms with van der Waals surface area (Å²) in [5.74, 6) is 1.19. The second-order valence-electron chi connectivity index (χ2n) is 18.5. The summed E-state index contributed by atoms with van der Waals surface area (Å²) < 4.78 is 9.47. The molecule has 4 nitrogen and oxygen atoms in total. The average molecular weight is 872 g/mol. The third-order valence-electron chi connectivity index (χ3n) is 14.8. The van der Waals surface area contributed by atoms with Gasteiger partial charge in [-0.2, -0.15) is 0 Å². The van der Waals surface area contributed by atoms with Crippen LogP contribution in [-0.4, -0.2) is 4.57 Å². The summed E-state index contributed by atoms with van der Waals surface area (Å²) in [7, 11) is 0. The van der Waals surface area contributed by atoms with Gasteiger partial charge in [0.25, 0.3) is 0 Å². The Hall–Kier alpha value is -8.60. The van der Waals surface area contributed by atoms with Crippen LogP contribution < -0.4 is 9.80 Å². The van der Waals surface area contributed by atoms with Crippen molar-refractivity contribution in [2.45, 2.75) is 18.8 Å². The molecule has 2 heterocycles. The van der Waals surface area contributed by atoms with Crippen molar-refractivity contribution in [3.8, 4) is 17.0 Å². The molecule has 0 saturated carbocycles. The third-order valence-corrected chi connectivity index (χ3v) is 14.8. The van der Waals surface area contributed by atoms with Crippen LogP contribution in [0.1, 0.15) is 35.6 Å². The van der Waals surface area contributed by atoms with Gasteiger partial charge in [-0.25, -0.2) is 0 Å². The van der Waals surface area contributed by atoms with Crippen LogP contribution in [0.2, 0.25) is 0 Å². The van der Waals surface area contributed by atoms with E-state index in [-0.39, 0.29) is 5.92 Å². The molecule has 0 radical (unpaired) electrons. The van der Waals surface area contributed by atoms with Crippen LogP contribution in [-0.2, 0) is 5.41 Å². The van der Waals surface area contributed by atoms with Gasteiger partial charge >= 0.3 is 0 Å². The van der Waals surface area contributed by atoms with Gasteiger partial charge in [0, 0.05) is 73.0 Å². The lowest BCUT2D eigenvalue weighted by atomic mass is 9.68.